The molecule has 0 atom stereocenters. The van der Waals surface area contributed by atoms with Crippen molar-refractivity contribution in [3.05, 3.63) is 203 Å². The minimum absolute atomic E-state index is 0.0664. The topological polar surface area (TPSA) is 0 Å². The molecule has 0 saturated carbocycles. The molecule has 0 fully saturated rings. The molecular formula is C59H46. The molecule has 0 radical (unpaired) electrons. The Balaban J connectivity index is 1.13. The van der Waals surface area contributed by atoms with Gasteiger partial charge in [-0.2, -0.15) is 0 Å². The fourth-order valence-electron chi connectivity index (χ4n) is 11.6. The van der Waals surface area contributed by atoms with Gasteiger partial charge in [0.1, 0.15) is 0 Å². The van der Waals surface area contributed by atoms with Crippen molar-refractivity contribution in [2.24, 2.45) is 0 Å². The summed E-state index contributed by atoms with van der Waals surface area (Å²) in [5, 5.41) is 5.15. The van der Waals surface area contributed by atoms with E-state index in [1.54, 1.807) is 0 Å². The molecule has 0 amide bonds. The third-order valence-electron chi connectivity index (χ3n) is 14.7. The Morgan fingerprint density at radius 2 is 0.542 bits per heavy atom. The predicted octanol–water partition coefficient (Wildman–Crippen LogP) is 15.9. The molecule has 0 N–H and O–H groups in total. The van der Waals surface area contributed by atoms with E-state index in [9.17, 15) is 0 Å². The molecule has 59 heavy (non-hydrogen) atoms. The largest absolute Gasteiger partial charge is 0.0619 e. The van der Waals surface area contributed by atoms with E-state index in [4.69, 9.17) is 0 Å². The number of rotatable bonds is 3. The summed E-state index contributed by atoms with van der Waals surface area (Å²) < 4.78 is 0. The second-order valence-corrected chi connectivity index (χ2v) is 18.8. The Kier molecular flexibility index (Phi) is 6.91. The first kappa shape index (κ1) is 34.5. The minimum atomic E-state index is -0.0950. The van der Waals surface area contributed by atoms with Gasteiger partial charge < -0.3 is 0 Å². The Morgan fingerprint density at radius 1 is 0.237 bits per heavy atom. The summed E-state index contributed by atoms with van der Waals surface area (Å²) in [5.41, 5.74) is 24.0. The monoisotopic (exact) mass is 754 g/mol. The van der Waals surface area contributed by atoms with Gasteiger partial charge in [-0.3, -0.25) is 0 Å². The first-order chi connectivity index (χ1) is 28.5. The van der Waals surface area contributed by atoms with Gasteiger partial charge >= 0.3 is 0 Å². The normalized spacial score (nSPS) is 15.7. The van der Waals surface area contributed by atoms with E-state index in [0.717, 1.165) is 0 Å². The minimum Gasteiger partial charge on any atom is -0.0619 e. The van der Waals surface area contributed by atoms with Crippen LogP contribution in [0, 0.1) is 0 Å². The van der Waals surface area contributed by atoms with Crippen molar-refractivity contribution in [1.29, 1.82) is 0 Å². The maximum Gasteiger partial charge on any atom is 0.0159 e. The van der Waals surface area contributed by atoms with E-state index in [-0.39, 0.29) is 16.2 Å². The van der Waals surface area contributed by atoms with E-state index in [1.807, 2.05) is 0 Å². The van der Waals surface area contributed by atoms with Crippen LogP contribution >= 0.6 is 0 Å². The van der Waals surface area contributed by atoms with Crippen LogP contribution in [-0.4, -0.2) is 0 Å². The summed E-state index contributed by atoms with van der Waals surface area (Å²) in [4.78, 5) is 0. The first-order valence-corrected chi connectivity index (χ1v) is 21.3. The summed E-state index contributed by atoms with van der Waals surface area (Å²) in [6.07, 6.45) is 0. The molecule has 3 aliphatic carbocycles. The molecule has 0 spiro atoms. The maximum atomic E-state index is 2.51. The zero-order valence-electron chi connectivity index (χ0n) is 34.7. The van der Waals surface area contributed by atoms with Gasteiger partial charge in [0.25, 0.3) is 0 Å². The number of benzene rings is 9. The van der Waals surface area contributed by atoms with Crippen LogP contribution in [0.4, 0.5) is 0 Å². The number of fused-ring (bicyclic) bond motifs is 11. The van der Waals surface area contributed by atoms with Crippen molar-refractivity contribution >= 4 is 21.5 Å². The zero-order valence-corrected chi connectivity index (χ0v) is 34.7. The lowest BCUT2D eigenvalue weighted by atomic mass is 9.79. The molecule has 0 heterocycles. The average molecular weight is 755 g/mol. The van der Waals surface area contributed by atoms with Gasteiger partial charge in [-0.15, -0.1) is 0 Å². The van der Waals surface area contributed by atoms with Crippen LogP contribution < -0.4 is 0 Å². The molecule has 0 aliphatic heterocycles. The van der Waals surface area contributed by atoms with Crippen molar-refractivity contribution < 1.29 is 0 Å². The molecule has 0 unspecified atom stereocenters. The summed E-state index contributed by atoms with van der Waals surface area (Å²) in [6, 6.07) is 65.0. The van der Waals surface area contributed by atoms with E-state index in [2.05, 4.69) is 211 Å². The van der Waals surface area contributed by atoms with Crippen molar-refractivity contribution in [3.63, 3.8) is 0 Å². The molecule has 0 heteroatoms. The summed E-state index contributed by atoms with van der Waals surface area (Å²) >= 11 is 0. The van der Waals surface area contributed by atoms with E-state index in [1.165, 1.54) is 122 Å². The molecule has 12 rings (SSSR count). The second kappa shape index (κ2) is 11.8. The van der Waals surface area contributed by atoms with Gasteiger partial charge in [0.15, 0.2) is 0 Å². The van der Waals surface area contributed by atoms with Crippen molar-refractivity contribution in [1.82, 2.24) is 0 Å². The van der Waals surface area contributed by atoms with Crippen LogP contribution in [-0.2, 0) is 16.2 Å². The average Bonchev–Trinajstić information content (AvgIpc) is 3.74. The van der Waals surface area contributed by atoms with Crippen molar-refractivity contribution in [2.75, 3.05) is 0 Å². The van der Waals surface area contributed by atoms with Crippen molar-refractivity contribution in [3.8, 4) is 66.8 Å². The highest BCUT2D eigenvalue weighted by Gasteiger charge is 2.38. The highest BCUT2D eigenvalue weighted by atomic mass is 14.4. The smallest absolute Gasteiger partial charge is 0.0159 e. The van der Waals surface area contributed by atoms with Crippen LogP contribution in [0.25, 0.3) is 88.3 Å². The molecule has 0 bridgehead atoms. The van der Waals surface area contributed by atoms with Gasteiger partial charge in [-0.05, 0) is 146 Å². The Bertz CT molecular complexity index is 3290. The molecule has 9 aromatic carbocycles. The lowest BCUT2D eigenvalue weighted by Gasteiger charge is -2.24. The zero-order chi connectivity index (χ0) is 40.0. The first-order valence-electron chi connectivity index (χ1n) is 21.3. The fraction of sp³-hybridized carbons (Fsp3) is 0.153. The molecule has 9 aromatic rings. The molecule has 282 valence electrons. The summed E-state index contributed by atoms with van der Waals surface area (Å²) in [7, 11) is 0. The summed E-state index contributed by atoms with van der Waals surface area (Å²) in [5.74, 6) is 0. The van der Waals surface area contributed by atoms with E-state index < -0.39 is 0 Å². The van der Waals surface area contributed by atoms with Gasteiger partial charge in [0.2, 0.25) is 0 Å². The van der Waals surface area contributed by atoms with Crippen LogP contribution in [0.5, 0.6) is 0 Å². The third-order valence-corrected chi connectivity index (χ3v) is 14.7. The summed E-state index contributed by atoms with van der Waals surface area (Å²) in [6.45, 7) is 14.3. The molecule has 0 saturated heterocycles. The Labute approximate surface area is 347 Å². The van der Waals surface area contributed by atoms with Gasteiger partial charge in [0, 0.05) is 16.2 Å². The highest BCUT2D eigenvalue weighted by molar-refractivity contribution is 6.22. The van der Waals surface area contributed by atoms with Crippen LogP contribution in [0.1, 0.15) is 74.9 Å². The standard InChI is InChI=1S/C59H46/c1-57(2)49-20-12-9-15-39(49)42-27-23-36(32-52(42)57)35-24-30-47-48(31-35)56(38-26-29-44-41-17-11-14-22-51(41)59(5,6)54(44)34-38)46-19-8-7-18-45(46)55(47)37-25-28-43-40-16-10-13-21-50(40)58(3,4)53(43)33-37/h7-34H,1-6H3. The van der Waals surface area contributed by atoms with Gasteiger partial charge in [0.05, 0.1) is 0 Å². The Morgan fingerprint density at radius 3 is 1.00 bits per heavy atom. The third kappa shape index (κ3) is 4.61. The van der Waals surface area contributed by atoms with Crippen molar-refractivity contribution in [2.45, 2.75) is 57.8 Å². The predicted molar refractivity (Wildman–Crippen MR) is 250 cm³/mol. The Hall–Kier alpha value is -6.50. The van der Waals surface area contributed by atoms with E-state index >= 15 is 0 Å². The highest BCUT2D eigenvalue weighted by Crippen LogP contribution is 2.54. The van der Waals surface area contributed by atoms with Crippen LogP contribution in [0.15, 0.2) is 170 Å². The van der Waals surface area contributed by atoms with Crippen LogP contribution in [0.2, 0.25) is 0 Å². The SMILES string of the molecule is CC1(C)c2ccccc2-c2ccc(-c3ccc4c(-c5ccc6c(c5)C(C)(C)c5ccccc5-6)c5ccccc5c(-c5ccc6c(c5)C(C)(C)c5ccccc5-6)c4c3)cc21. The maximum absolute atomic E-state index is 2.51. The van der Waals surface area contributed by atoms with E-state index in [0.29, 0.717) is 0 Å². The fourth-order valence-corrected chi connectivity index (χ4v) is 11.6. The number of hydrogen-bond donors (Lipinski definition) is 0. The molecule has 0 aromatic heterocycles. The second-order valence-electron chi connectivity index (χ2n) is 18.8. The van der Waals surface area contributed by atoms with Gasteiger partial charge in [-0.25, -0.2) is 0 Å². The number of hydrogen-bond acceptors (Lipinski definition) is 0. The lowest BCUT2D eigenvalue weighted by molar-refractivity contribution is 0.660. The lowest BCUT2D eigenvalue weighted by Crippen LogP contribution is -2.15. The van der Waals surface area contributed by atoms with Crippen LogP contribution in [0.3, 0.4) is 0 Å². The quantitative estimate of drug-likeness (QED) is 0.158. The molecular weight excluding hydrogens is 709 g/mol. The molecule has 3 aliphatic rings. The molecule has 0 nitrogen and oxygen atoms in total. The van der Waals surface area contributed by atoms with Gasteiger partial charge in [-0.1, -0.05) is 187 Å².